The number of anilines is 1. The summed E-state index contributed by atoms with van der Waals surface area (Å²) in [4.78, 5) is 11.2. The van der Waals surface area contributed by atoms with E-state index in [1.807, 2.05) is 0 Å². The van der Waals surface area contributed by atoms with Crippen LogP contribution in [0.1, 0.15) is 10.4 Å². The minimum absolute atomic E-state index is 0.105. The van der Waals surface area contributed by atoms with Gasteiger partial charge in [-0.1, -0.05) is 0 Å². The van der Waals surface area contributed by atoms with E-state index >= 15 is 0 Å². The van der Waals surface area contributed by atoms with Crippen molar-refractivity contribution in [1.29, 1.82) is 0 Å². The first kappa shape index (κ1) is 11.4. The van der Waals surface area contributed by atoms with Crippen molar-refractivity contribution in [3.8, 4) is 0 Å². The Morgan fingerprint density at radius 1 is 1.47 bits per heavy atom. The second-order valence-corrected chi connectivity index (χ2v) is 4.69. The van der Waals surface area contributed by atoms with Crippen molar-refractivity contribution >= 4 is 21.6 Å². The van der Waals surface area contributed by atoms with Crippen LogP contribution >= 0.6 is 0 Å². The SMILES string of the molecule is CS(=O)(=O)NC(=O)c1ccc(N)c(F)c1. The first-order chi connectivity index (χ1) is 6.79. The average molecular weight is 232 g/mol. The van der Waals surface area contributed by atoms with Crippen LogP contribution in [0.15, 0.2) is 18.2 Å². The Morgan fingerprint density at radius 3 is 2.53 bits per heavy atom. The molecule has 0 aliphatic carbocycles. The first-order valence-electron chi connectivity index (χ1n) is 3.87. The highest BCUT2D eigenvalue weighted by Gasteiger charge is 2.12. The maximum Gasteiger partial charge on any atom is 0.264 e. The molecule has 5 nitrogen and oxygen atoms in total. The summed E-state index contributed by atoms with van der Waals surface area (Å²) in [5.74, 6) is -1.66. The van der Waals surface area contributed by atoms with Crippen molar-refractivity contribution in [2.24, 2.45) is 0 Å². The summed E-state index contributed by atoms with van der Waals surface area (Å²) in [6.07, 6.45) is 0.832. The molecule has 0 saturated carbocycles. The predicted molar refractivity (Wildman–Crippen MR) is 53.1 cm³/mol. The number of nitrogens with two attached hydrogens (primary N) is 1. The quantitative estimate of drug-likeness (QED) is 0.707. The van der Waals surface area contributed by atoms with Gasteiger partial charge in [0.25, 0.3) is 5.91 Å². The third-order valence-electron chi connectivity index (χ3n) is 1.54. The summed E-state index contributed by atoms with van der Waals surface area (Å²) >= 11 is 0. The molecule has 0 unspecified atom stereocenters. The second kappa shape index (κ2) is 3.85. The fraction of sp³-hybridized carbons (Fsp3) is 0.125. The second-order valence-electron chi connectivity index (χ2n) is 2.94. The minimum Gasteiger partial charge on any atom is -0.396 e. The van der Waals surface area contributed by atoms with Gasteiger partial charge in [-0.3, -0.25) is 4.79 Å². The number of carbonyl (C=O) groups excluding carboxylic acids is 1. The molecule has 0 spiro atoms. The van der Waals surface area contributed by atoms with E-state index in [9.17, 15) is 17.6 Å². The summed E-state index contributed by atoms with van der Waals surface area (Å²) in [7, 11) is -3.65. The molecule has 0 heterocycles. The van der Waals surface area contributed by atoms with Gasteiger partial charge in [-0.05, 0) is 18.2 Å². The average Bonchev–Trinajstić information content (AvgIpc) is 2.06. The van der Waals surface area contributed by atoms with E-state index in [0.29, 0.717) is 0 Å². The number of benzene rings is 1. The van der Waals surface area contributed by atoms with Crippen LogP contribution in [0, 0.1) is 5.82 Å². The van der Waals surface area contributed by atoms with Crippen LogP contribution in [-0.4, -0.2) is 20.6 Å². The van der Waals surface area contributed by atoms with Gasteiger partial charge in [0.15, 0.2) is 0 Å². The number of halogens is 1. The highest BCUT2D eigenvalue weighted by molar-refractivity contribution is 7.89. The lowest BCUT2D eigenvalue weighted by molar-refractivity contribution is 0.0981. The Labute approximate surface area is 86.1 Å². The highest BCUT2D eigenvalue weighted by atomic mass is 32.2. The van der Waals surface area contributed by atoms with Gasteiger partial charge in [-0.15, -0.1) is 0 Å². The van der Waals surface area contributed by atoms with Crippen LogP contribution < -0.4 is 10.5 Å². The zero-order chi connectivity index (χ0) is 11.6. The molecule has 3 N–H and O–H groups in total. The largest absolute Gasteiger partial charge is 0.396 e. The third kappa shape index (κ3) is 3.21. The molecule has 15 heavy (non-hydrogen) atoms. The fourth-order valence-electron chi connectivity index (χ4n) is 0.896. The van der Waals surface area contributed by atoms with Crippen LogP contribution in [0.3, 0.4) is 0 Å². The van der Waals surface area contributed by atoms with Gasteiger partial charge < -0.3 is 5.73 Å². The van der Waals surface area contributed by atoms with Gasteiger partial charge in [0.2, 0.25) is 10.0 Å². The molecule has 1 amide bonds. The number of nitrogen functional groups attached to an aromatic ring is 1. The molecule has 0 bridgehead atoms. The van der Waals surface area contributed by atoms with Crippen molar-refractivity contribution in [1.82, 2.24) is 4.72 Å². The van der Waals surface area contributed by atoms with Gasteiger partial charge in [-0.2, -0.15) is 0 Å². The molecular weight excluding hydrogens is 223 g/mol. The van der Waals surface area contributed by atoms with Crippen LogP contribution in [0.25, 0.3) is 0 Å². The number of carbonyl (C=O) groups is 1. The van der Waals surface area contributed by atoms with Crippen LogP contribution in [0.5, 0.6) is 0 Å². The Hall–Kier alpha value is -1.63. The Bertz CT molecular complexity index is 499. The van der Waals surface area contributed by atoms with Crippen LogP contribution in [0.4, 0.5) is 10.1 Å². The molecule has 1 aromatic carbocycles. The Kier molecular flexibility index (Phi) is 2.94. The lowest BCUT2D eigenvalue weighted by Crippen LogP contribution is -2.29. The zero-order valence-electron chi connectivity index (χ0n) is 7.82. The molecule has 0 atom stereocenters. The molecule has 82 valence electrons. The van der Waals surface area contributed by atoms with Crippen LogP contribution in [0.2, 0.25) is 0 Å². The summed E-state index contributed by atoms with van der Waals surface area (Å²) in [6.45, 7) is 0. The lowest BCUT2D eigenvalue weighted by Gasteiger charge is -2.03. The van der Waals surface area contributed by atoms with Gasteiger partial charge in [0.05, 0.1) is 11.9 Å². The Balaban J connectivity index is 2.98. The Morgan fingerprint density at radius 2 is 2.07 bits per heavy atom. The molecule has 1 rings (SSSR count). The van der Waals surface area contributed by atoms with Crippen molar-refractivity contribution in [2.75, 3.05) is 12.0 Å². The van der Waals surface area contributed by atoms with Gasteiger partial charge in [0, 0.05) is 5.56 Å². The van der Waals surface area contributed by atoms with Gasteiger partial charge in [-0.25, -0.2) is 17.5 Å². The number of amides is 1. The van der Waals surface area contributed by atoms with E-state index in [2.05, 4.69) is 0 Å². The van der Waals surface area contributed by atoms with Gasteiger partial charge >= 0.3 is 0 Å². The maximum atomic E-state index is 12.9. The van der Waals surface area contributed by atoms with Crippen molar-refractivity contribution in [3.05, 3.63) is 29.6 Å². The molecular formula is C8H9FN2O3S. The fourth-order valence-corrected chi connectivity index (χ4v) is 1.35. The number of rotatable bonds is 2. The van der Waals surface area contributed by atoms with E-state index < -0.39 is 21.7 Å². The minimum atomic E-state index is -3.65. The molecule has 1 aromatic rings. The number of nitrogens with one attached hydrogen (secondary N) is 1. The number of sulfonamides is 1. The molecule has 0 aliphatic rings. The molecule has 0 fully saturated rings. The number of hydrogen-bond donors (Lipinski definition) is 2. The molecule has 0 saturated heterocycles. The molecule has 7 heteroatoms. The maximum absolute atomic E-state index is 12.9. The number of hydrogen-bond acceptors (Lipinski definition) is 4. The van der Waals surface area contributed by atoms with Crippen molar-refractivity contribution in [3.63, 3.8) is 0 Å². The van der Waals surface area contributed by atoms with Crippen molar-refractivity contribution in [2.45, 2.75) is 0 Å². The first-order valence-corrected chi connectivity index (χ1v) is 5.76. The van der Waals surface area contributed by atoms with Crippen LogP contribution in [-0.2, 0) is 10.0 Å². The van der Waals surface area contributed by atoms with E-state index in [-0.39, 0.29) is 11.3 Å². The predicted octanol–water partition coefficient (Wildman–Crippen LogP) is 0.0973. The summed E-state index contributed by atoms with van der Waals surface area (Å²) in [6, 6.07) is 3.29. The molecule has 0 aliphatic heterocycles. The normalized spacial score (nSPS) is 11.1. The van der Waals surface area contributed by atoms with E-state index in [1.165, 1.54) is 12.1 Å². The van der Waals surface area contributed by atoms with E-state index in [0.717, 1.165) is 12.3 Å². The highest BCUT2D eigenvalue weighted by Crippen LogP contribution is 2.11. The van der Waals surface area contributed by atoms with E-state index in [4.69, 9.17) is 5.73 Å². The standard InChI is InChI=1S/C8H9FN2O3S/c1-15(13,14)11-8(12)5-2-3-7(10)6(9)4-5/h2-4H,10H2,1H3,(H,11,12). The molecule has 0 aromatic heterocycles. The smallest absolute Gasteiger partial charge is 0.264 e. The molecule has 0 radical (unpaired) electrons. The summed E-state index contributed by atoms with van der Waals surface area (Å²) < 4.78 is 36.1. The zero-order valence-corrected chi connectivity index (χ0v) is 8.64. The van der Waals surface area contributed by atoms with Gasteiger partial charge in [0.1, 0.15) is 5.82 Å². The van der Waals surface area contributed by atoms with E-state index in [1.54, 1.807) is 4.72 Å². The summed E-state index contributed by atoms with van der Waals surface area (Å²) in [5, 5.41) is 0. The lowest BCUT2D eigenvalue weighted by atomic mass is 10.2. The monoisotopic (exact) mass is 232 g/mol. The third-order valence-corrected chi connectivity index (χ3v) is 2.10. The summed E-state index contributed by atoms with van der Waals surface area (Å²) in [5.41, 5.74) is 4.98. The van der Waals surface area contributed by atoms with Crippen molar-refractivity contribution < 1.29 is 17.6 Å². The topological polar surface area (TPSA) is 89.3 Å².